The number of aromatic nitrogens is 3. The van der Waals surface area contributed by atoms with Gasteiger partial charge in [-0.3, -0.25) is 9.69 Å². The molecule has 2 aromatic rings. The van der Waals surface area contributed by atoms with Crippen LogP contribution in [0.3, 0.4) is 0 Å². The minimum absolute atomic E-state index is 0.0382. The number of amides is 1. The van der Waals surface area contributed by atoms with Gasteiger partial charge in [0.15, 0.2) is 5.82 Å². The lowest BCUT2D eigenvalue weighted by molar-refractivity contribution is -0.114. The largest absolute Gasteiger partial charge is 0.329 e. The summed E-state index contributed by atoms with van der Waals surface area (Å²) in [5.74, 6) is 1.88. The quantitative estimate of drug-likeness (QED) is 0.862. The van der Waals surface area contributed by atoms with E-state index in [2.05, 4.69) is 28.6 Å². The maximum atomic E-state index is 11.7. The van der Waals surface area contributed by atoms with Crippen LogP contribution in [-0.2, 0) is 24.3 Å². The van der Waals surface area contributed by atoms with E-state index in [1.807, 2.05) is 11.3 Å². The molecule has 1 amide bonds. The van der Waals surface area contributed by atoms with E-state index in [0.29, 0.717) is 6.04 Å². The van der Waals surface area contributed by atoms with E-state index in [4.69, 9.17) is 9.97 Å². The number of rotatable bonds is 4. The first-order valence-electron chi connectivity index (χ1n) is 10.1. The zero-order valence-electron chi connectivity index (χ0n) is 16.5. The Balaban J connectivity index is 1.64. The number of aryl methyl sites for hydroxylation is 2. The average Bonchev–Trinajstić information content (AvgIpc) is 3.21. The van der Waals surface area contributed by atoms with E-state index in [1.165, 1.54) is 41.3 Å². The molecule has 2 aromatic heterocycles. The van der Waals surface area contributed by atoms with Crippen molar-refractivity contribution in [2.45, 2.75) is 78.4 Å². The van der Waals surface area contributed by atoms with Crippen LogP contribution in [0, 0.1) is 13.8 Å². The molecule has 7 heteroatoms. The van der Waals surface area contributed by atoms with Crippen molar-refractivity contribution in [1.29, 1.82) is 0 Å². The molecule has 2 aliphatic heterocycles. The number of thiazole rings is 1. The minimum Gasteiger partial charge on any atom is -0.329 e. The van der Waals surface area contributed by atoms with Crippen molar-refractivity contribution < 1.29 is 4.79 Å². The van der Waals surface area contributed by atoms with Crippen molar-refractivity contribution >= 4 is 23.1 Å². The van der Waals surface area contributed by atoms with Gasteiger partial charge in [0, 0.05) is 18.3 Å². The van der Waals surface area contributed by atoms with Gasteiger partial charge in [-0.1, -0.05) is 6.42 Å². The molecule has 1 saturated heterocycles. The number of hydrogen-bond acceptors (Lipinski definition) is 5. The fourth-order valence-electron chi connectivity index (χ4n) is 4.36. The fourth-order valence-corrected chi connectivity index (χ4v) is 5.32. The summed E-state index contributed by atoms with van der Waals surface area (Å²) in [7, 11) is 0. The zero-order valence-corrected chi connectivity index (χ0v) is 17.4. The molecule has 0 bridgehead atoms. The molecule has 0 aromatic carbocycles. The van der Waals surface area contributed by atoms with Gasteiger partial charge in [0.25, 0.3) is 0 Å². The third-order valence-electron chi connectivity index (χ3n) is 5.76. The maximum absolute atomic E-state index is 11.7. The molecular formula is C20H29N5OS. The van der Waals surface area contributed by atoms with Crippen molar-refractivity contribution in [3.05, 3.63) is 27.1 Å². The lowest BCUT2D eigenvalue weighted by Gasteiger charge is -2.24. The first kappa shape index (κ1) is 18.6. The number of anilines is 1. The van der Waals surface area contributed by atoms with Crippen molar-refractivity contribution in [3.8, 4) is 0 Å². The van der Waals surface area contributed by atoms with Gasteiger partial charge in [0.1, 0.15) is 10.8 Å². The third kappa shape index (κ3) is 3.80. The van der Waals surface area contributed by atoms with Gasteiger partial charge in [-0.2, -0.15) is 0 Å². The summed E-state index contributed by atoms with van der Waals surface area (Å²) in [5, 5.41) is 4.18. The second kappa shape index (κ2) is 7.72. The smallest absolute Gasteiger partial charge is 0.222 e. The Morgan fingerprint density at radius 1 is 1.19 bits per heavy atom. The molecule has 4 heterocycles. The van der Waals surface area contributed by atoms with Crippen LogP contribution in [0.1, 0.15) is 72.2 Å². The van der Waals surface area contributed by atoms with Gasteiger partial charge in [0.05, 0.1) is 24.0 Å². The van der Waals surface area contributed by atoms with Gasteiger partial charge < -0.3 is 9.88 Å². The summed E-state index contributed by atoms with van der Waals surface area (Å²) in [4.78, 5) is 25.2. The summed E-state index contributed by atoms with van der Waals surface area (Å²) >= 11 is 1.81. The van der Waals surface area contributed by atoms with E-state index >= 15 is 0 Å². The molecule has 4 rings (SSSR count). The first-order chi connectivity index (χ1) is 13.0. The number of likely N-dealkylation sites (tertiary alicyclic amines) is 1. The SMILES string of the molecule is CC(=O)Nc1nc(C2CCCN2Cc2nc(C)c(C)s2)n2c1CCCCC2. The highest BCUT2D eigenvalue weighted by Gasteiger charge is 2.33. The summed E-state index contributed by atoms with van der Waals surface area (Å²) < 4.78 is 2.40. The molecule has 1 unspecified atom stereocenters. The Kier molecular flexibility index (Phi) is 5.32. The number of hydrogen-bond donors (Lipinski definition) is 1. The monoisotopic (exact) mass is 387 g/mol. The Morgan fingerprint density at radius 2 is 2.04 bits per heavy atom. The highest BCUT2D eigenvalue weighted by molar-refractivity contribution is 7.11. The van der Waals surface area contributed by atoms with Crippen LogP contribution in [0.4, 0.5) is 5.82 Å². The predicted octanol–water partition coefficient (Wildman–Crippen LogP) is 3.98. The lowest BCUT2D eigenvalue weighted by atomic mass is 10.2. The minimum atomic E-state index is -0.0382. The molecule has 27 heavy (non-hydrogen) atoms. The van der Waals surface area contributed by atoms with Crippen molar-refractivity contribution in [2.24, 2.45) is 0 Å². The second-order valence-electron chi connectivity index (χ2n) is 7.79. The number of imidazole rings is 1. The van der Waals surface area contributed by atoms with Crippen LogP contribution in [0.2, 0.25) is 0 Å². The zero-order chi connectivity index (χ0) is 19.0. The summed E-state index contributed by atoms with van der Waals surface area (Å²) in [5.41, 5.74) is 2.36. The van der Waals surface area contributed by atoms with Gasteiger partial charge in [0.2, 0.25) is 5.91 Å². The molecule has 1 fully saturated rings. The number of carbonyl (C=O) groups is 1. The predicted molar refractivity (Wildman–Crippen MR) is 108 cm³/mol. The Hall–Kier alpha value is -1.73. The van der Waals surface area contributed by atoms with Crippen molar-refractivity contribution in [2.75, 3.05) is 11.9 Å². The topological polar surface area (TPSA) is 63.1 Å². The van der Waals surface area contributed by atoms with Crippen LogP contribution >= 0.6 is 11.3 Å². The standard InChI is InChI=1S/C20H29N5OS/c1-13-14(2)27-18(21-13)12-24-10-7-9-17(24)20-23-19(22-15(3)26)16-8-5-4-6-11-25(16)20/h17H,4-12H2,1-3H3,(H,22,26). The molecule has 2 aliphatic rings. The average molecular weight is 388 g/mol. The number of fused-ring (bicyclic) bond motifs is 1. The van der Waals surface area contributed by atoms with Crippen LogP contribution in [0.5, 0.6) is 0 Å². The summed E-state index contributed by atoms with van der Waals surface area (Å²) in [6, 6.07) is 0.314. The van der Waals surface area contributed by atoms with Crippen molar-refractivity contribution in [1.82, 2.24) is 19.4 Å². The molecule has 0 aliphatic carbocycles. The van der Waals surface area contributed by atoms with E-state index in [-0.39, 0.29) is 5.91 Å². The van der Waals surface area contributed by atoms with Gasteiger partial charge >= 0.3 is 0 Å². The number of nitrogens with one attached hydrogen (secondary N) is 1. The number of carbonyl (C=O) groups excluding carboxylic acids is 1. The highest BCUT2D eigenvalue weighted by atomic mass is 32.1. The van der Waals surface area contributed by atoms with Crippen LogP contribution in [-0.4, -0.2) is 31.9 Å². The molecule has 146 valence electrons. The molecule has 6 nitrogen and oxygen atoms in total. The molecule has 1 N–H and O–H groups in total. The van der Waals surface area contributed by atoms with Gasteiger partial charge in [-0.25, -0.2) is 9.97 Å². The van der Waals surface area contributed by atoms with E-state index < -0.39 is 0 Å². The third-order valence-corrected chi connectivity index (χ3v) is 6.82. The van der Waals surface area contributed by atoms with Crippen LogP contribution in [0.25, 0.3) is 0 Å². The van der Waals surface area contributed by atoms with Gasteiger partial charge in [-0.05, 0) is 52.5 Å². The molecule has 0 spiro atoms. The summed E-state index contributed by atoms with van der Waals surface area (Å²) in [6.45, 7) is 8.78. The second-order valence-corrected chi connectivity index (χ2v) is 9.07. The molecule has 0 radical (unpaired) electrons. The fraction of sp³-hybridized carbons (Fsp3) is 0.650. The Bertz CT molecular complexity index is 820. The molecule has 1 atom stereocenters. The molecule has 0 saturated carbocycles. The van der Waals surface area contributed by atoms with Gasteiger partial charge in [-0.15, -0.1) is 11.3 Å². The van der Waals surface area contributed by atoms with Crippen LogP contribution in [0.15, 0.2) is 0 Å². The summed E-state index contributed by atoms with van der Waals surface area (Å²) in [6.07, 6.45) is 6.91. The van der Waals surface area contributed by atoms with E-state index in [0.717, 1.165) is 49.8 Å². The Morgan fingerprint density at radius 3 is 2.78 bits per heavy atom. The first-order valence-corrected chi connectivity index (χ1v) is 10.9. The molecular weight excluding hydrogens is 358 g/mol. The lowest BCUT2D eigenvalue weighted by Crippen LogP contribution is -2.25. The number of nitrogens with zero attached hydrogens (tertiary/aromatic N) is 4. The Labute approximate surface area is 165 Å². The normalized spacial score (nSPS) is 20.5. The van der Waals surface area contributed by atoms with Crippen molar-refractivity contribution in [3.63, 3.8) is 0 Å². The maximum Gasteiger partial charge on any atom is 0.222 e. The highest BCUT2D eigenvalue weighted by Crippen LogP contribution is 2.37. The van der Waals surface area contributed by atoms with E-state index in [1.54, 1.807) is 6.92 Å². The van der Waals surface area contributed by atoms with Crippen LogP contribution < -0.4 is 5.32 Å². The van der Waals surface area contributed by atoms with E-state index in [9.17, 15) is 4.79 Å².